The molecule has 0 bridgehead atoms. The van der Waals surface area contributed by atoms with Gasteiger partial charge in [0, 0.05) is 12.7 Å². The fourth-order valence-corrected chi connectivity index (χ4v) is 4.31. The topological polar surface area (TPSA) is 92.8 Å². The summed E-state index contributed by atoms with van der Waals surface area (Å²) >= 11 is 0. The molecule has 1 N–H and O–H groups in total. The van der Waals surface area contributed by atoms with E-state index in [0.717, 1.165) is 15.4 Å². The fourth-order valence-electron chi connectivity index (χ4n) is 3.06. The maximum atomic E-state index is 13.1. The molecule has 0 saturated carbocycles. The van der Waals surface area contributed by atoms with Crippen LogP contribution in [0.3, 0.4) is 0 Å². The first-order valence-corrected chi connectivity index (χ1v) is 11.8. The SMILES string of the molecule is Cc1ccc(N(C)S(=O)(=O)c2cccc(C(=O)OC(C)C(=O)Nc3ccccc3C)c2)cc1. The van der Waals surface area contributed by atoms with Gasteiger partial charge in [0.1, 0.15) is 0 Å². The normalized spacial score (nSPS) is 12.0. The molecule has 0 aliphatic heterocycles. The average molecular weight is 467 g/mol. The average Bonchev–Trinajstić information content (AvgIpc) is 2.80. The first-order valence-electron chi connectivity index (χ1n) is 10.3. The minimum absolute atomic E-state index is 0.0314. The summed E-state index contributed by atoms with van der Waals surface area (Å²) in [6.45, 7) is 5.22. The van der Waals surface area contributed by atoms with Crippen LogP contribution in [0.5, 0.6) is 0 Å². The van der Waals surface area contributed by atoms with Crippen LogP contribution in [0.2, 0.25) is 0 Å². The number of hydrogen-bond donors (Lipinski definition) is 1. The Kier molecular flexibility index (Phi) is 7.18. The summed E-state index contributed by atoms with van der Waals surface area (Å²) in [5, 5.41) is 2.72. The molecule has 3 aromatic rings. The van der Waals surface area contributed by atoms with Crippen LogP contribution in [0.4, 0.5) is 11.4 Å². The van der Waals surface area contributed by atoms with E-state index >= 15 is 0 Å². The molecule has 0 aliphatic carbocycles. The summed E-state index contributed by atoms with van der Waals surface area (Å²) in [5.41, 5.74) is 3.03. The highest BCUT2D eigenvalue weighted by Gasteiger charge is 2.24. The number of rotatable bonds is 7. The number of nitrogens with zero attached hydrogens (tertiary/aromatic N) is 1. The Labute approximate surface area is 194 Å². The summed E-state index contributed by atoms with van der Waals surface area (Å²) in [5.74, 6) is -1.28. The second-order valence-electron chi connectivity index (χ2n) is 7.69. The summed E-state index contributed by atoms with van der Waals surface area (Å²) in [6, 6.07) is 19.9. The van der Waals surface area contributed by atoms with Gasteiger partial charge in [-0.05, 0) is 62.7 Å². The molecule has 33 heavy (non-hydrogen) atoms. The minimum Gasteiger partial charge on any atom is -0.449 e. The molecule has 0 aromatic heterocycles. The number of hydrogen-bond acceptors (Lipinski definition) is 5. The maximum Gasteiger partial charge on any atom is 0.338 e. The van der Waals surface area contributed by atoms with Gasteiger partial charge in [-0.2, -0.15) is 0 Å². The number of aryl methyl sites for hydroxylation is 2. The van der Waals surface area contributed by atoms with Crippen molar-refractivity contribution in [2.75, 3.05) is 16.7 Å². The monoisotopic (exact) mass is 466 g/mol. The lowest BCUT2D eigenvalue weighted by molar-refractivity contribution is -0.123. The molecule has 1 atom stereocenters. The van der Waals surface area contributed by atoms with Gasteiger partial charge in [0.25, 0.3) is 15.9 Å². The Hall–Kier alpha value is -3.65. The smallest absolute Gasteiger partial charge is 0.338 e. The molecule has 7 nitrogen and oxygen atoms in total. The number of carbonyl (C=O) groups is 2. The summed E-state index contributed by atoms with van der Waals surface area (Å²) in [4.78, 5) is 25.0. The molecule has 0 fully saturated rings. The molecule has 1 unspecified atom stereocenters. The van der Waals surface area contributed by atoms with E-state index in [1.165, 1.54) is 38.2 Å². The fraction of sp³-hybridized carbons (Fsp3) is 0.200. The number of nitrogens with one attached hydrogen (secondary N) is 1. The second kappa shape index (κ2) is 9.87. The van der Waals surface area contributed by atoms with Crippen molar-refractivity contribution < 1.29 is 22.7 Å². The highest BCUT2D eigenvalue weighted by molar-refractivity contribution is 7.92. The number of sulfonamides is 1. The molecule has 3 aromatic carbocycles. The third-order valence-corrected chi connectivity index (χ3v) is 6.96. The summed E-state index contributed by atoms with van der Waals surface area (Å²) < 4.78 is 32.6. The Morgan fingerprint density at radius 1 is 0.939 bits per heavy atom. The molecule has 0 radical (unpaired) electrons. The van der Waals surface area contributed by atoms with Crippen LogP contribution < -0.4 is 9.62 Å². The van der Waals surface area contributed by atoms with Crippen molar-refractivity contribution in [1.82, 2.24) is 0 Å². The van der Waals surface area contributed by atoms with E-state index in [9.17, 15) is 18.0 Å². The van der Waals surface area contributed by atoms with E-state index in [2.05, 4.69) is 5.32 Å². The lowest BCUT2D eigenvalue weighted by atomic mass is 10.2. The van der Waals surface area contributed by atoms with Crippen LogP contribution >= 0.6 is 0 Å². The van der Waals surface area contributed by atoms with Gasteiger partial charge < -0.3 is 10.1 Å². The molecule has 0 saturated heterocycles. The first-order chi connectivity index (χ1) is 15.6. The molecule has 172 valence electrons. The number of ether oxygens (including phenoxy) is 1. The van der Waals surface area contributed by atoms with E-state index in [4.69, 9.17) is 4.74 Å². The number of amides is 1. The molecule has 8 heteroatoms. The second-order valence-corrected chi connectivity index (χ2v) is 9.66. The van der Waals surface area contributed by atoms with Crippen LogP contribution in [-0.4, -0.2) is 33.4 Å². The lowest BCUT2D eigenvalue weighted by Gasteiger charge is -2.20. The zero-order chi connectivity index (χ0) is 24.2. The van der Waals surface area contributed by atoms with Crippen molar-refractivity contribution in [3.63, 3.8) is 0 Å². The maximum absolute atomic E-state index is 13.1. The molecular formula is C25H26N2O5S. The number of anilines is 2. The van der Waals surface area contributed by atoms with Crippen molar-refractivity contribution in [2.45, 2.75) is 31.8 Å². The Balaban J connectivity index is 1.74. The van der Waals surface area contributed by atoms with Crippen LogP contribution in [0.25, 0.3) is 0 Å². The number of benzene rings is 3. The van der Waals surface area contributed by atoms with Gasteiger partial charge in [-0.3, -0.25) is 9.10 Å². The van der Waals surface area contributed by atoms with Crippen molar-refractivity contribution in [1.29, 1.82) is 0 Å². The number of carbonyl (C=O) groups excluding carboxylic acids is 2. The van der Waals surface area contributed by atoms with Crippen LogP contribution in [0.15, 0.2) is 77.7 Å². The number of para-hydroxylation sites is 1. The molecule has 0 aliphatic rings. The Morgan fingerprint density at radius 3 is 2.27 bits per heavy atom. The van der Waals surface area contributed by atoms with E-state index in [1.807, 2.05) is 38.1 Å². The molecule has 0 spiro atoms. The minimum atomic E-state index is -3.90. The third-order valence-electron chi connectivity index (χ3n) is 5.18. The van der Waals surface area contributed by atoms with Gasteiger partial charge in [0.2, 0.25) is 0 Å². The van der Waals surface area contributed by atoms with Gasteiger partial charge in [0.15, 0.2) is 6.10 Å². The standard InChI is InChI=1S/C25H26N2O5S/c1-17-12-14-21(15-13-17)27(4)33(30,31)22-10-7-9-20(16-22)25(29)32-19(3)24(28)26-23-11-6-5-8-18(23)2/h5-16,19H,1-4H3,(H,26,28). The summed E-state index contributed by atoms with van der Waals surface area (Å²) in [6.07, 6.45) is -1.08. The molecule has 0 heterocycles. The van der Waals surface area contributed by atoms with Crippen molar-refractivity contribution in [2.24, 2.45) is 0 Å². The van der Waals surface area contributed by atoms with Crippen LogP contribution in [0, 0.1) is 13.8 Å². The molecule has 1 amide bonds. The number of esters is 1. The van der Waals surface area contributed by atoms with Gasteiger partial charge in [-0.25, -0.2) is 13.2 Å². The van der Waals surface area contributed by atoms with E-state index < -0.39 is 28.0 Å². The largest absolute Gasteiger partial charge is 0.449 e. The zero-order valence-corrected chi connectivity index (χ0v) is 19.7. The van der Waals surface area contributed by atoms with Gasteiger partial charge in [0.05, 0.1) is 16.1 Å². The van der Waals surface area contributed by atoms with E-state index in [1.54, 1.807) is 24.3 Å². The first kappa shape index (κ1) is 24.0. The highest BCUT2D eigenvalue weighted by Crippen LogP contribution is 2.23. The molecule has 3 rings (SSSR count). The van der Waals surface area contributed by atoms with Gasteiger partial charge >= 0.3 is 5.97 Å². The lowest BCUT2D eigenvalue weighted by Crippen LogP contribution is -2.30. The molecular weight excluding hydrogens is 440 g/mol. The summed E-state index contributed by atoms with van der Waals surface area (Å²) in [7, 11) is -2.46. The quantitative estimate of drug-likeness (QED) is 0.524. The van der Waals surface area contributed by atoms with Crippen LogP contribution in [0.1, 0.15) is 28.4 Å². The van der Waals surface area contributed by atoms with Crippen molar-refractivity contribution >= 4 is 33.3 Å². The van der Waals surface area contributed by atoms with Crippen molar-refractivity contribution in [3.05, 3.63) is 89.5 Å². The highest BCUT2D eigenvalue weighted by atomic mass is 32.2. The van der Waals surface area contributed by atoms with Crippen molar-refractivity contribution in [3.8, 4) is 0 Å². The third kappa shape index (κ3) is 5.59. The predicted octanol–water partition coefficient (Wildman–Crippen LogP) is 4.31. The van der Waals surface area contributed by atoms with Gasteiger partial charge in [-0.15, -0.1) is 0 Å². The Bertz CT molecular complexity index is 1270. The van der Waals surface area contributed by atoms with Gasteiger partial charge in [-0.1, -0.05) is 42.0 Å². The van der Waals surface area contributed by atoms with E-state index in [-0.39, 0.29) is 10.5 Å². The Morgan fingerprint density at radius 2 is 1.61 bits per heavy atom. The van der Waals surface area contributed by atoms with E-state index in [0.29, 0.717) is 11.4 Å². The zero-order valence-electron chi connectivity index (χ0n) is 18.9. The predicted molar refractivity (Wildman–Crippen MR) is 128 cm³/mol. The van der Waals surface area contributed by atoms with Crippen LogP contribution in [-0.2, 0) is 19.6 Å².